The first kappa shape index (κ1) is 22.6. The Kier molecular flexibility index (Phi) is 7.89. The van der Waals surface area contributed by atoms with Crippen LogP contribution in [0, 0.1) is 0 Å². The lowest BCUT2D eigenvalue weighted by atomic mass is 10.2. The molecule has 1 amide bonds. The van der Waals surface area contributed by atoms with E-state index in [4.69, 9.17) is 20.8 Å². The van der Waals surface area contributed by atoms with Gasteiger partial charge in [-0.15, -0.1) is 0 Å². The van der Waals surface area contributed by atoms with Crippen molar-refractivity contribution in [1.82, 2.24) is 9.80 Å². The second kappa shape index (κ2) is 10.8. The second-order valence-corrected chi connectivity index (χ2v) is 7.86. The summed E-state index contributed by atoms with van der Waals surface area (Å²) in [6, 6.07) is 10.4. The van der Waals surface area contributed by atoms with Crippen molar-refractivity contribution in [2.24, 2.45) is 4.99 Å². The highest BCUT2D eigenvalue weighted by Gasteiger charge is 2.24. The summed E-state index contributed by atoms with van der Waals surface area (Å²) in [6.45, 7) is 1.48. The maximum atomic E-state index is 12.1. The van der Waals surface area contributed by atoms with Crippen molar-refractivity contribution in [3.05, 3.63) is 70.9 Å². The van der Waals surface area contributed by atoms with Crippen LogP contribution in [0.15, 0.2) is 64.0 Å². The van der Waals surface area contributed by atoms with Gasteiger partial charge in [0, 0.05) is 44.0 Å². The van der Waals surface area contributed by atoms with Gasteiger partial charge >= 0.3 is 5.97 Å². The number of esters is 1. The number of ether oxygens (including phenoxy) is 1. The normalized spacial score (nSPS) is 14.5. The predicted octanol–water partition coefficient (Wildman–Crippen LogP) is 4.34. The Labute approximate surface area is 186 Å². The molecule has 0 saturated heterocycles. The molecule has 1 aliphatic rings. The Balaban J connectivity index is 1.37. The van der Waals surface area contributed by atoms with Crippen LogP contribution in [-0.2, 0) is 9.53 Å². The SMILES string of the molecule is CN(C=C1N=C(c2ccc(Cl)cc2)OC1=O)CCCCCCN(C)C(=O)c1ccco1. The third kappa shape index (κ3) is 6.46. The molecule has 0 aliphatic carbocycles. The first-order valence-corrected chi connectivity index (χ1v) is 10.6. The number of carbonyl (C=O) groups is 2. The molecule has 0 radical (unpaired) electrons. The van der Waals surface area contributed by atoms with Crippen LogP contribution >= 0.6 is 11.6 Å². The lowest BCUT2D eigenvalue weighted by molar-refractivity contribution is -0.130. The zero-order chi connectivity index (χ0) is 22.2. The quantitative estimate of drug-likeness (QED) is 0.310. The molecule has 0 unspecified atom stereocenters. The third-order valence-corrected chi connectivity index (χ3v) is 5.14. The van der Waals surface area contributed by atoms with E-state index >= 15 is 0 Å². The van der Waals surface area contributed by atoms with Crippen molar-refractivity contribution in [3.8, 4) is 0 Å². The zero-order valence-corrected chi connectivity index (χ0v) is 18.5. The van der Waals surface area contributed by atoms with Crippen LogP contribution in [0.3, 0.4) is 0 Å². The molecule has 0 fully saturated rings. The molecular formula is C23H26ClN3O4. The number of cyclic esters (lactones) is 1. The summed E-state index contributed by atoms with van der Waals surface area (Å²) in [5, 5.41) is 0.611. The van der Waals surface area contributed by atoms with Gasteiger partial charge in [0.1, 0.15) is 0 Å². The van der Waals surface area contributed by atoms with E-state index in [1.54, 1.807) is 54.5 Å². The van der Waals surface area contributed by atoms with Crippen LogP contribution in [-0.4, -0.2) is 54.8 Å². The molecule has 8 heteroatoms. The number of aliphatic imine (C=N–C) groups is 1. The Morgan fingerprint density at radius 3 is 2.45 bits per heavy atom. The van der Waals surface area contributed by atoms with Gasteiger partial charge in [-0.05, 0) is 49.2 Å². The fourth-order valence-electron chi connectivity index (χ4n) is 3.14. The molecular weight excluding hydrogens is 418 g/mol. The third-order valence-electron chi connectivity index (χ3n) is 4.89. The Hall–Kier alpha value is -3.06. The maximum Gasteiger partial charge on any atom is 0.365 e. The number of amides is 1. The number of furan rings is 1. The van der Waals surface area contributed by atoms with Gasteiger partial charge < -0.3 is 19.0 Å². The molecule has 164 valence electrons. The fraction of sp³-hybridized carbons (Fsp3) is 0.348. The van der Waals surface area contributed by atoms with E-state index in [1.165, 1.54) is 6.26 Å². The van der Waals surface area contributed by atoms with E-state index in [0.717, 1.165) is 32.2 Å². The minimum atomic E-state index is -0.457. The number of halogens is 1. The maximum absolute atomic E-state index is 12.1. The van der Waals surface area contributed by atoms with Crippen molar-refractivity contribution in [2.45, 2.75) is 25.7 Å². The number of hydrogen-bond acceptors (Lipinski definition) is 6. The number of nitrogens with zero attached hydrogens (tertiary/aromatic N) is 3. The van der Waals surface area contributed by atoms with Crippen LogP contribution < -0.4 is 0 Å². The Morgan fingerprint density at radius 1 is 1.06 bits per heavy atom. The van der Waals surface area contributed by atoms with Crippen LogP contribution in [0.1, 0.15) is 41.8 Å². The largest absolute Gasteiger partial charge is 0.459 e. The van der Waals surface area contributed by atoms with Crippen molar-refractivity contribution in [3.63, 3.8) is 0 Å². The molecule has 1 aromatic carbocycles. The van der Waals surface area contributed by atoms with Crippen molar-refractivity contribution in [2.75, 3.05) is 27.2 Å². The highest BCUT2D eigenvalue weighted by atomic mass is 35.5. The topological polar surface area (TPSA) is 75.3 Å². The number of rotatable bonds is 10. The van der Waals surface area contributed by atoms with Gasteiger partial charge in [0.25, 0.3) is 5.91 Å². The second-order valence-electron chi connectivity index (χ2n) is 7.43. The Morgan fingerprint density at radius 2 is 1.77 bits per heavy atom. The van der Waals surface area contributed by atoms with Crippen LogP contribution in [0.5, 0.6) is 0 Å². The summed E-state index contributed by atoms with van der Waals surface area (Å²) >= 11 is 5.89. The van der Waals surface area contributed by atoms with Gasteiger partial charge in [0.15, 0.2) is 11.5 Å². The Bertz CT molecular complexity index is 952. The summed E-state index contributed by atoms with van der Waals surface area (Å²) in [5.41, 5.74) is 0.991. The van der Waals surface area contributed by atoms with Gasteiger partial charge in [-0.3, -0.25) is 4.79 Å². The number of carbonyl (C=O) groups excluding carboxylic acids is 2. The van der Waals surface area contributed by atoms with E-state index in [0.29, 0.717) is 22.9 Å². The van der Waals surface area contributed by atoms with Gasteiger partial charge in [-0.2, -0.15) is 0 Å². The van der Waals surface area contributed by atoms with Crippen molar-refractivity contribution >= 4 is 29.4 Å². The lowest BCUT2D eigenvalue weighted by Gasteiger charge is -2.16. The molecule has 0 bridgehead atoms. The van der Waals surface area contributed by atoms with Crippen molar-refractivity contribution in [1.29, 1.82) is 0 Å². The summed E-state index contributed by atoms with van der Waals surface area (Å²) in [7, 11) is 3.69. The lowest BCUT2D eigenvalue weighted by Crippen LogP contribution is -2.27. The molecule has 0 spiro atoms. The summed E-state index contributed by atoms with van der Waals surface area (Å²) < 4.78 is 10.4. The van der Waals surface area contributed by atoms with Crippen molar-refractivity contribution < 1.29 is 18.7 Å². The summed E-state index contributed by atoms with van der Waals surface area (Å²) in [5.74, 6) is 0.0957. The smallest absolute Gasteiger partial charge is 0.365 e. The summed E-state index contributed by atoms with van der Waals surface area (Å²) in [6.07, 6.45) is 7.15. The minimum absolute atomic E-state index is 0.0988. The molecule has 0 N–H and O–H groups in total. The molecule has 3 rings (SSSR count). The van der Waals surface area contributed by atoms with Crippen LogP contribution in [0.4, 0.5) is 0 Å². The number of hydrogen-bond donors (Lipinski definition) is 0. The molecule has 2 heterocycles. The van der Waals surface area contributed by atoms with Gasteiger partial charge in [-0.25, -0.2) is 9.79 Å². The van der Waals surface area contributed by atoms with E-state index in [1.807, 2.05) is 11.9 Å². The number of unbranched alkanes of at least 4 members (excludes halogenated alkanes) is 3. The molecule has 0 atom stereocenters. The molecule has 7 nitrogen and oxygen atoms in total. The first-order chi connectivity index (χ1) is 14.9. The highest BCUT2D eigenvalue weighted by molar-refractivity contribution is 6.30. The van der Waals surface area contributed by atoms with Crippen LogP contribution in [0.25, 0.3) is 0 Å². The molecule has 0 saturated carbocycles. The predicted molar refractivity (Wildman–Crippen MR) is 119 cm³/mol. The average molecular weight is 444 g/mol. The van der Waals surface area contributed by atoms with E-state index < -0.39 is 5.97 Å². The molecule has 1 aromatic heterocycles. The van der Waals surface area contributed by atoms with E-state index in [2.05, 4.69) is 4.99 Å². The monoisotopic (exact) mass is 443 g/mol. The number of benzene rings is 1. The summed E-state index contributed by atoms with van der Waals surface area (Å²) in [4.78, 5) is 32.1. The fourth-order valence-corrected chi connectivity index (χ4v) is 3.27. The minimum Gasteiger partial charge on any atom is -0.459 e. The zero-order valence-electron chi connectivity index (χ0n) is 17.7. The molecule has 2 aromatic rings. The van der Waals surface area contributed by atoms with Gasteiger partial charge in [0.05, 0.1) is 6.26 Å². The average Bonchev–Trinajstić information content (AvgIpc) is 3.41. The molecule has 1 aliphatic heterocycles. The van der Waals surface area contributed by atoms with Crippen LogP contribution in [0.2, 0.25) is 5.02 Å². The standard InChI is InChI=1S/C23H26ClN3O4/c1-26(13-5-3-4-6-14-27(2)22(28)20-8-7-15-30-20)16-19-23(29)31-21(25-19)17-9-11-18(24)12-10-17/h7-12,15-16H,3-6,13-14H2,1-2H3. The van der Waals surface area contributed by atoms with E-state index in [9.17, 15) is 9.59 Å². The first-order valence-electron chi connectivity index (χ1n) is 10.2. The van der Waals surface area contributed by atoms with Gasteiger partial charge in [0.2, 0.25) is 5.90 Å². The highest BCUT2D eigenvalue weighted by Crippen LogP contribution is 2.18. The van der Waals surface area contributed by atoms with E-state index in [-0.39, 0.29) is 17.5 Å². The van der Waals surface area contributed by atoms with Gasteiger partial charge in [-0.1, -0.05) is 24.4 Å². The molecule has 31 heavy (non-hydrogen) atoms.